The molecule has 0 fully saturated rings. The Morgan fingerprint density at radius 2 is 2.27 bits per heavy atom. The molecule has 1 unspecified atom stereocenters. The second kappa shape index (κ2) is 5.00. The highest BCUT2D eigenvalue weighted by atomic mass is 127. The Morgan fingerprint density at radius 3 is 2.80 bits per heavy atom. The van der Waals surface area contributed by atoms with Crippen LogP contribution in [0.15, 0.2) is 24.3 Å². The molecule has 0 saturated heterocycles. The molecule has 0 amide bonds. The van der Waals surface area contributed by atoms with Crippen LogP contribution in [0.25, 0.3) is 0 Å². The third-order valence-corrected chi connectivity index (χ3v) is 4.30. The van der Waals surface area contributed by atoms with Crippen molar-refractivity contribution < 1.29 is 5.11 Å². The number of hydrogen-bond acceptors (Lipinski definition) is 1. The van der Waals surface area contributed by atoms with E-state index in [9.17, 15) is 5.11 Å². The second-order valence-electron chi connectivity index (χ2n) is 4.86. The maximum Gasteiger partial charge on any atom is 0.0772 e. The van der Waals surface area contributed by atoms with Crippen molar-refractivity contribution in [2.24, 2.45) is 5.41 Å². The van der Waals surface area contributed by atoms with Gasteiger partial charge >= 0.3 is 0 Å². The van der Waals surface area contributed by atoms with Gasteiger partial charge in [-0.15, -0.1) is 6.58 Å². The molecule has 0 aliphatic heterocycles. The molecule has 86 valence electrons. The van der Waals surface area contributed by atoms with E-state index in [1.54, 1.807) is 0 Å². The lowest BCUT2D eigenvalue weighted by molar-refractivity contribution is -0.0586. The van der Waals surface area contributed by atoms with Crippen LogP contribution in [0.3, 0.4) is 0 Å². The van der Waals surface area contributed by atoms with Crippen LogP contribution in [0.4, 0.5) is 0 Å². The van der Waals surface area contributed by atoms with Crippen molar-refractivity contribution in [2.45, 2.75) is 45.1 Å². The number of rotatable bonds is 4. The first-order valence-corrected chi connectivity index (χ1v) is 7.09. The molecule has 0 aromatic rings. The van der Waals surface area contributed by atoms with Gasteiger partial charge in [0.05, 0.1) is 5.60 Å². The Labute approximate surface area is 107 Å². The summed E-state index contributed by atoms with van der Waals surface area (Å²) in [6.07, 6.45) is 7.80. The molecule has 2 heteroatoms. The predicted octanol–water partition coefficient (Wildman–Crippen LogP) is 3.87. The van der Waals surface area contributed by atoms with Crippen molar-refractivity contribution in [1.29, 1.82) is 0 Å². The van der Waals surface area contributed by atoms with Crippen LogP contribution in [0.5, 0.6) is 0 Å². The summed E-state index contributed by atoms with van der Waals surface area (Å²) in [5.74, 6) is 0. The number of allylic oxidation sites excluding steroid dienone is 1. The average Bonchev–Trinajstić information content (AvgIpc) is 2.15. The van der Waals surface area contributed by atoms with Gasteiger partial charge in [-0.2, -0.15) is 0 Å². The molecular formula is C13H21IO. The molecule has 1 rings (SSSR count). The predicted molar refractivity (Wildman–Crippen MR) is 74.4 cm³/mol. The van der Waals surface area contributed by atoms with Crippen LogP contribution in [0.1, 0.15) is 39.5 Å². The van der Waals surface area contributed by atoms with E-state index in [1.807, 2.05) is 6.08 Å². The Morgan fingerprint density at radius 1 is 1.60 bits per heavy atom. The molecule has 0 heterocycles. The molecule has 0 spiro atoms. The zero-order chi connectivity index (χ0) is 11.5. The van der Waals surface area contributed by atoms with Gasteiger partial charge in [-0.3, -0.25) is 0 Å². The largest absolute Gasteiger partial charge is 0.389 e. The molecule has 1 aliphatic carbocycles. The zero-order valence-corrected chi connectivity index (χ0v) is 11.9. The summed E-state index contributed by atoms with van der Waals surface area (Å²) in [7, 11) is 0. The number of aliphatic hydroxyl groups is 1. The maximum atomic E-state index is 10.7. The lowest BCUT2D eigenvalue weighted by atomic mass is 9.62. The van der Waals surface area contributed by atoms with E-state index in [-0.39, 0.29) is 5.41 Å². The van der Waals surface area contributed by atoms with Gasteiger partial charge in [0.1, 0.15) is 0 Å². The molecular weight excluding hydrogens is 299 g/mol. The lowest BCUT2D eigenvalue weighted by Crippen LogP contribution is -2.47. The number of halogens is 1. The molecule has 15 heavy (non-hydrogen) atoms. The molecule has 1 atom stereocenters. The van der Waals surface area contributed by atoms with Crippen LogP contribution in [-0.4, -0.2) is 15.1 Å². The van der Waals surface area contributed by atoms with E-state index in [0.29, 0.717) is 6.42 Å². The highest BCUT2D eigenvalue weighted by Gasteiger charge is 2.45. The molecule has 1 nitrogen and oxygen atoms in total. The summed E-state index contributed by atoms with van der Waals surface area (Å²) < 4.78 is 1.12. The molecule has 1 N–H and O–H groups in total. The highest BCUT2D eigenvalue weighted by molar-refractivity contribution is 14.1. The first-order chi connectivity index (χ1) is 6.98. The first kappa shape index (κ1) is 13.2. The Kier molecular flexibility index (Phi) is 4.41. The van der Waals surface area contributed by atoms with Gasteiger partial charge in [0, 0.05) is 9.84 Å². The fourth-order valence-electron chi connectivity index (χ4n) is 2.46. The fraction of sp³-hybridized carbons (Fsp3) is 0.692. The average molecular weight is 320 g/mol. The summed E-state index contributed by atoms with van der Waals surface area (Å²) >= 11 is 2.40. The SMILES string of the molecule is C=CCC1(O)CCC=C(CCI)C1(C)C. The van der Waals surface area contributed by atoms with Crippen LogP contribution < -0.4 is 0 Å². The normalized spacial score (nSPS) is 29.7. The van der Waals surface area contributed by atoms with Crippen molar-refractivity contribution >= 4 is 22.6 Å². The number of alkyl halides is 1. The van der Waals surface area contributed by atoms with E-state index in [2.05, 4.69) is 49.1 Å². The van der Waals surface area contributed by atoms with E-state index in [1.165, 1.54) is 5.57 Å². The van der Waals surface area contributed by atoms with Crippen LogP contribution in [0.2, 0.25) is 0 Å². The summed E-state index contributed by atoms with van der Waals surface area (Å²) in [4.78, 5) is 0. The molecule has 0 aromatic heterocycles. The lowest BCUT2D eigenvalue weighted by Gasteiger charge is -2.47. The third kappa shape index (κ3) is 2.47. The topological polar surface area (TPSA) is 20.2 Å². The minimum atomic E-state index is -0.593. The fourth-order valence-corrected chi connectivity index (χ4v) is 3.05. The van der Waals surface area contributed by atoms with Gasteiger partial charge in [0.15, 0.2) is 0 Å². The Balaban J connectivity index is 2.96. The molecule has 0 saturated carbocycles. The van der Waals surface area contributed by atoms with Crippen molar-refractivity contribution in [3.05, 3.63) is 24.3 Å². The monoisotopic (exact) mass is 320 g/mol. The van der Waals surface area contributed by atoms with Gasteiger partial charge in [-0.25, -0.2) is 0 Å². The Bertz CT molecular complexity index is 268. The quantitative estimate of drug-likeness (QED) is 0.474. The summed E-state index contributed by atoms with van der Waals surface area (Å²) in [5.41, 5.74) is 0.711. The van der Waals surface area contributed by atoms with Gasteiger partial charge in [0.2, 0.25) is 0 Å². The van der Waals surface area contributed by atoms with Crippen molar-refractivity contribution in [1.82, 2.24) is 0 Å². The third-order valence-electron chi connectivity index (χ3n) is 3.76. The van der Waals surface area contributed by atoms with Crippen LogP contribution in [0, 0.1) is 5.41 Å². The van der Waals surface area contributed by atoms with Crippen LogP contribution in [-0.2, 0) is 0 Å². The minimum Gasteiger partial charge on any atom is -0.389 e. The van der Waals surface area contributed by atoms with Crippen molar-refractivity contribution in [2.75, 3.05) is 4.43 Å². The molecule has 0 bridgehead atoms. The minimum absolute atomic E-state index is 0.107. The van der Waals surface area contributed by atoms with Crippen molar-refractivity contribution in [3.8, 4) is 0 Å². The molecule has 0 radical (unpaired) electrons. The first-order valence-electron chi connectivity index (χ1n) is 5.56. The summed E-state index contributed by atoms with van der Waals surface area (Å²) in [6, 6.07) is 0. The van der Waals surface area contributed by atoms with E-state index in [4.69, 9.17) is 0 Å². The van der Waals surface area contributed by atoms with E-state index < -0.39 is 5.60 Å². The summed E-state index contributed by atoms with van der Waals surface area (Å²) in [6.45, 7) is 8.08. The smallest absolute Gasteiger partial charge is 0.0772 e. The zero-order valence-electron chi connectivity index (χ0n) is 9.72. The molecule has 1 aliphatic rings. The van der Waals surface area contributed by atoms with E-state index >= 15 is 0 Å². The highest BCUT2D eigenvalue weighted by Crippen LogP contribution is 2.48. The van der Waals surface area contributed by atoms with Gasteiger partial charge < -0.3 is 5.11 Å². The number of hydrogen-bond donors (Lipinski definition) is 1. The van der Waals surface area contributed by atoms with Crippen molar-refractivity contribution in [3.63, 3.8) is 0 Å². The van der Waals surface area contributed by atoms with Gasteiger partial charge in [-0.05, 0) is 25.7 Å². The second-order valence-corrected chi connectivity index (χ2v) is 5.94. The van der Waals surface area contributed by atoms with Crippen LogP contribution >= 0.6 is 22.6 Å². The molecule has 0 aromatic carbocycles. The van der Waals surface area contributed by atoms with E-state index in [0.717, 1.165) is 23.7 Å². The van der Waals surface area contributed by atoms with Gasteiger partial charge in [-0.1, -0.05) is 54.2 Å². The Hall–Kier alpha value is 0.170. The summed E-state index contributed by atoms with van der Waals surface area (Å²) in [5, 5.41) is 10.7. The maximum absolute atomic E-state index is 10.7. The standard InChI is InChI=1S/C13H21IO/c1-4-8-13(15)9-5-6-11(7-10-14)12(13,2)3/h4,6,15H,1,5,7-10H2,2-3H3. The van der Waals surface area contributed by atoms with Gasteiger partial charge in [0.25, 0.3) is 0 Å².